The van der Waals surface area contributed by atoms with E-state index in [1.165, 1.54) is 6.26 Å². The summed E-state index contributed by atoms with van der Waals surface area (Å²) >= 11 is 0. The van der Waals surface area contributed by atoms with Crippen LogP contribution in [0, 0.1) is 0 Å². The molecule has 3 aromatic heterocycles. The van der Waals surface area contributed by atoms with Crippen molar-refractivity contribution < 1.29 is 22.7 Å². The summed E-state index contributed by atoms with van der Waals surface area (Å²) in [5.41, 5.74) is 7.76. The maximum absolute atomic E-state index is 12.3. The number of carbonyl (C=O) groups excluding carboxylic acids is 1. The Labute approximate surface area is 222 Å². The minimum absolute atomic E-state index is 0.0395. The molecule has 0 saturated heterocycles. The molecule has 3 aromatic rings. The number of nitrogens with zero attached hydrogens (tertiary/aromatic N) is 3. The molecular weight excluding hydrogens is 506 g/mol. The van der Waals surface area contributed by atoms with Gasteiger partial charge in [-0.25, -0.2) is 28.2 Å². The molecule has 0 aromatic carbocycles. The van der Waals surface area contributed by atoms with Crippen LogP contribution in [0.1, 0.15) is 74.5 Å². The van der Waals surface area contributed by atoms with Gasteiger partial charge in [-0.1, -0.05) is 6.92 Å². The van der Waals surface area contributed by atoms with Crippen molar-refractivity contribution in [3.63, 3.8) is 0 Å². The summed E-state index contributed by atoms with van der Waals surface area (Å²) < 4.78 is 35.6. The number of esters is 1. The molecular formula is C27H33N5O5S. The van der Waals surface area contributed by atoms with Crippen LogP contribution in [0.15, 0.2) is 30.6 Å². The van der Waals surface area contributed by atoms with Gasteiger partial charge in [0.25, 0.3) is 0 Å². The van der Waals surface area contributed by atoms with Gasteiger partial charge in [-0.3, -0.25) is 0 Å². The lowest BCUT2D eigenvalue weighted by molar-refractivity contribution is 0.0235. The second-order valence-corrected chi connectivity index (χ2v) is 13.3. The summed E-state index contributed by atoms with van der Waals surface area (Å²) in [7, 11) is -3.12. The van der Waals surface area contributed by atoms with E-state index in [0.29, 0.717) is 53.4 Å². The Morgan fingerprint density at radius 2 is 1.87 bits per heavy atom. The Balaban J connectivity index is 1.48. The summed E-state index contributed by atoms with van der Waals surface area (Å²) in [6, 6.07) is 5.32. The third-order valence-electron chi connectivity index (χ3n) is 7.48. The predicted molar refractivity (Wildman–Crippen MR) is 144 cm³/mol. The Morgan fingerprint density at radius 3 is 2.55 bits per heavy atom. The number of nitrogens with two attached hydrogens (primary N) is 1. The molecule has 1 fully saturated rings. The van der Waals surface area contributed by atoms with E-state index in [1.807, 2.05) is 33.8 Å². The third kappa shape index (κ3) is 5.04. The van der Waals surface area contributed by atoms with Gasteiger partial charge in [-0.2, -0.15) is 0 Å². The molecule has 1 aliphatic heterocycles. The van der Waals surface area contributed by atoms with Crippen LogP contribution in [0.5, 0.6) is 5.88 Å². The van der Waals surface area contributed by atoms with Crippen molar-refractivity contribution in [3.05, 3.63) is 47.4 Å². The first kappa shape index (κ1) is 26.3. The summed E-state index contributed by atoms with van der Waals surface area (Å²) in [4.78, 5) is 26.1. The van der Waals surface area contributed by atoms with Crippen molar-refractivity contribution in [3.8, 4) is 5.88 Å². The first-order valence-corrected chi connectivity index (χ1v) is 14.7. The highest BCUT2D eigenvalue weighted by molar-refractivity contribution is 7.91. The molecule has 10 nitrogen and oxygen atoms in total. The molecule has 1 aliphatic carbocycles. The van der Waals surface area contributed by atoms with E-state index in [-0.39, 0.29) is 24.1 Å². The number of ether oxygens (including phenoxy) is 2. The highest BCUT2D eigenvalue weighted by Gasteiger charge is 2.34. The molecule has 3 N–H and O–H groups in total. The van der Waals surface area contributed by atoms with Crippen molar-refractivity contribution >= 4 is 38.2 Å². The van der Waals surface area contributed by atoms with Crippen molar-refractivity contribution in [1.82, 2.24) is 15.0 Å². The molecule has 202 valence electrons. The normalized spacial score (nSPS) is 23.7. The van der Waals surface area contributed by atoms with Crippen LogP contribution in [0.4, 0.5) is 11.6 Å². The molecule has 38 heavy (non-hydrogen) atoms. The summed E-state index contributed by atoms with van der Waals surface area (Å²) in [6.07, 6.45) is 5.81. The van der Waals surface area contributed by atoms with Gasteiger partial charge < -0.3 is 20.5 Å². The monoisotopic (exact) mass is 539 g/mol. The van der Waals surface area contributed by atoms with Crippen LogP contribution in [-0.4, -0.2) is 53.1 Å². The van der Waals surface area contributed by atoms with Gasteiger partial charge >= 0.3 is 5.97 Å². The van der Waals surface area contributed by atoms with Gasteiger partial charge in [-0.15, -0.1) is 0 Å². The number of fused-ring (bicyclic) bond motifs is 2. The fraction of sp³-hybridized carbons (Fsp3) is 0.481. The molecule has 0 amide bonds. The van der Waals surface area contributed by atoms with Crippen molar-refractivity contribution in [2.45, 2.75) is 75.9 Å². The molecule has 0 spiro atoms. The molecule has 4 atom stereocenters. The lowest BCUT2D eigenvalue weighted by atomic mass is 9.93. The number of carbonyl (C=O) groups is 1. The smallest absolute Gasteiger partial charge is 0.340 e. The fourth-order valence-electron chi connectivity index (χ4n) is 5.09. The number of nitrogens with one attached hydrogen (secondary N) is 1. The number of cyclic esters (lactones) is 1. The number of aromatic nitrogens is 3. The maximum atomic E-state index is 12.3. The van der Waals surface area contributed by atoms with Gasteiger partial charge in [0.05, 0.1) is 21.9 Å². The minimum atomic E-state index is -3.12. The van der Waals surface area contributed by atoms with E-state index in [4.69, 9.17) is 20.2 Å². The number of rotatable bonds is 6. The van der Waals surface area contributed by atoms with Crippen molar-refractivity contribution in [1.29, 1.82) is 0 Å². The number of hydrogen-bond acceptors (Lipinski definition) is 10. The van der Waals surface area contributed by atoms with Crippen LogP contribution in [0.25, 0.3) is 10.8 Å². The zero-order chi connectivity index (χ0) is 27.4. The Bertz CT molecular complexity index is 1520. The summed E-state index contributed by atoms with van der Waals surface area (Å²) in [5.74, 6) is 1.10. The fourth-order valence-corrected chi connectivity index (χ4v) is 6.22. The van der Waals surface area contributed by atoms with E-state index in [1.54, 1.807) is 24.5 Å². The number of sulfone groups is 1. The summed E-state index contributed by atoms with van der Waals surface area (Å²) in [5, 5.41) is 4.36. The van der Waals surface area contributed by atoms with Crippen LogP contribution in [0.2, 0.25) is 0 Å². The van der Waals surface area contributed by atoms with Crippen LogP contribution in [0.3, 0.4) is 0 Å². The number of hydrogen-bond donors (Lipinski definition) is 2. The molecule has 4 heterocycles. The van der Waals surface area contributed by atoms with Gasteiger partial charge in [0.1, 0.15) is 33.7 Å². The molecule has 0 bridgehead atoms. The largest absolute Gasteiger partial charge is 0.474 e. The van der Waals surface area contributed by atoms with E-state index in [0.717, 1.165) is 10.9 Å². The summed E-state index contributed by atoms with van der Waals surface area (Å²) in [6.45, 7) is 7.64. The van der Waals surface area contributed by atoms with Crippen LogP contribution < -0.4 is 15.8 Å². The lowest BCUT2D eigenvalue weighted by Crippen LogP contribution is -2.29. The van der Waals surface area contributed by atoms with Crippen molar-refractivity contribution in [2.24, 2.45) is 5.73 Å². The standard InChI is InChI=1S/C27H33N5O5S/c1-14-15(2)36-26(33)18-8-9-22(32-24(14)18)31-23-11-19-20(12-29-23)25(30-13-21(19)27(3,4)28)37-16-6-7-17(10-16)38(5,34)35/h8-9,11-17H,6-7,10,28H2,1-5H3,(H,29,31,32)/t14-,15-,16-,17-/m0/s1. The SMILES string of the molecule is C[C@@H]1OC(=O)c2ccc(Nc3cc4c(C(C)(C)N)cnc(O[C@H]5CC[C@H](S(C)(=O)=O)C5)c4cn3)nc2[C@H]1C. The van der Waals surface area contributed by atoms with Crippen LogP contribution >= 0.6 is 0 Å². The predicted octanol–water partition coefficient (Wildman–Crippen LogP) is 3.97. The third-order valence-corrected chi connectivity index (χ3v) is 9.12. The van der Waals surface area contributed by atoms with Gasteiger partial charge in [0.15, 0.2) is 0 Å². The van der Waals surface area contributed by atoms with E-state index >= 15 is 0 Å². The van der Waals surface area contributed by atoms with E-state index in [2.05, 4.69) is 15.3 Å². The number of anilines is 2. The second-order valence-electron chi connectivity index (χ2n) is 11.0. The molecule has 2 aliphatic rings. The lowest BCUT2D eigenvalue weighted by Gasteiger charge is -2.27. The molecule has 11 heteroatoms. The van der Waals surface area contributed by atoms with Gasteiger partial charge in [0, 0.05) is 36.5 Å². The molecule has 0 radical (unpaired) electrons. The van der Waals surface area contributed by atoms with Gasteiger partial charge in [-0.05, 0) is 62.8 Å². The maximum Gasteiger partial charge on any atom is 0.340 e. The highest BCUT2D eigenvalue weighted by Crippen LogP contribution is 2.36. The quantitative estimate of drug-likeness (QED) is 0.441. The zero-order valence-electron chi connectivity index (χ0n) is 22.2. The Hall–Kier alpha value is -3.31. The second kappa shape index (κ2) is 9.46. The zero-order valence-corrected chi connectivity index (χ0v) is 23.0. The first-order valence-electron chi connectivity index (χ1n) is 12.7. The highest BCUT2D eigenvalue weighted by atomic mass is 32.2. The van der Waals surface area contributed by atoms with Crippen molar-refractivity contribution in [2.75, 3.05) is 11.6 Å². The number of pyridine rings is 3. The Morgan fingerprint density at radius 1 is 1.11 bits per heavy atom. The molecule has 1 saturated carbocycles. The van der Waals surface area contributed by atoms with E-state index < -0.39 is 20.6 Å². The topological polar surface area (TPSA) is 146 Å². The molecule has 0 unspecified atom stereocenters. The molecule has 5 rings (SSSR count). The Kier molecular flexibility index (Phi) is 6.55. The van der Waals surface area contributed by atoms with Crippen LogP contribution in [-0.2, 0) is 20.1 Å². The average Bonchev–Trinajstić information content (AvgIpc) is 3.31. The average molecular weight is 540 g/mol. The van der Waals surface area contributed by atoms with E-state index in [9.17, 15) is 13.2 Å². The minimum Gasteiger partial charge on any atom is -0.474 e. The first-order chi connectivity index (χ1) is 17.8. The van der Waals surface area contributed by atoms with Gasteiger partial charge in [0.2, 0.25) is 5.88 Å².